The quantitative estimate of drug-likeness (QED) is 0.396. The van der Waals surface area contributed by atoms with Crippen LogP contribution < -0.4 is 19.8 Å². The second-order valence-electron chi connectivity index (χ2n) is 7.57. The van der Waals surface area contributed by atoms with Gasteiger partial charge < -0.3 is 13.9 Å². The second-order valence-corrected chi connectivity index (χ2v) is 8.73. The van der Waals surface area contributed by atoms with Crippen molar-refractivity contribution in [2.24, 2.45) is 0 Å². The SMILES string of the molecule is CCOc1ccc(C2c3c(oc4ccc(F)cc4c3=O)C(=O)N2c2nnc(C)s2)cc1OCC. The molecule has 1 unspecified atom stereocenters. The highest BCUT2D eigenvalue weighted by Crippen LogP contribution is 2.44. The Balaban J connectivity index is 1.77. The lowest BCUT2D eigenvalue weighted by Crippen LogP contribution is -2.29. The minimum absolute atomic E-state index is 0.0582. The van der Waals surface area contributed by atoms with Gasteiger partial charge in [-0.1, -0.05) is 17.4 Å². The highest BCUT2D eigenvalue weighted by Gasteiger charge is 2.45. The lowest BCUT2D eigenvalue weighted by molar-refractivity contribution is 0.0970. The number of hydrogen-bond donors (Lipinski definition) is 0. The van der Waals surface area contributed by atoms with Crippen molar-refractivity contribution in [3.05, 3.63) is 74.3 Å². The van der Waals surface area contributed by atoms with Crippen LogP contribution in [0.2, 0.25) is 0 Å². The van der Waals surface area contributed by atoms with Gasteiger partial charge in [-0.05, 0) is 56.7 Å². The van der Waals surface area contributed by atoms with Gasteiger partial charge in [0.05, 0.1) is 30.2 Å². The number of hydrogen-bond acceptors (Lipinski definition) is 8. The topological polar surface area (TPSA) is 94.8 Å². The van der Waals surface area contributed by atoms with Crippen molar-refractivity contribution < 1.29 is 23.1 Å². The number of nitrogens with zero attached hydrogens (tertiary/aromatic N) is 3. The molecule has 3 heterocycles. The van der Waals surface area contributed by atoms with E-state index >= 15 is 0 Å². The van der Waals surface area contributed by atoms with E-state index in [0.717, 1.165) is 6.07 Å². The Morgan fingerprint density at radius 2 is 1.82 bits per heavy atom. The Hall–Kier alpha value is -3.79. The summed E-state index contributed by atoms with van der Waals surface area (Å²) in [6.45, 7) is 6.33. The van der Waals surface area contributed by atoms with E-state index in [2.05, 4.69) is 10.2 Å². The monoisotopic (exact) mass is 481 g/mol. The van der Waals surface area contributed by atoms with Crippen LogP contribution in [-0.4, -0.2) is 29.3 Å². The molecule has 2 aromatic carbocycles. The average molecular weight is 482 g/mol. The zero-order chi connectivity index (χ0) is 24.0. The normalized spacial score (nSPS) is 15.1. The minimum atomic E-state index is -0.867. The zero-order valence-electron chi connectivity index (χ0n) is 18.6. The van der Waals surface area contributed by atoms with E-state index in [0.29, 0.717) is 40.4 Å². The number of carbonyl (C=O) groups is 1. The summed E-state index contributed by atoms with van der Waals surface area (Å²) in [6.07, 6.45) is 0. The van der Waals surface area contributed by atoms with Gasteiger partial charge in [0, 0.05) is 0 Å². The molecule has 1 aliphatic heterocycles. The van der Waals surface area contributed by atoms with E-state index in [-0.39, 0.29) is 22.3 Å². The van der Waals surface area contributed by atoms with Gasteiger partial charge >= 0.3 is 0 Å². The summed E-state index contributed by atoms with van der Waals surface area (Å²) in [6, 6.07) is 8.00. The number of ether oxygens (including phenoxy) is 2. The molecule has 0 N–H and O–H groups in total. The standard InChI is InChI=1S/C24H20FN3O5S/c1-4-31-17-8-6-13(10-18(17)32-5-2)20-19-21(29)15-11-14(25)7-9-16(15)33-22(19)23(30)28(20)24-27-26-12(3)34-24/h6-11,20H,4-5H2,1-3H3. The van der Waals surface area contributed by atoms with Crippen molar-refractivity contribution >= 4 is 33.3 Å². The summed E-state index contributed by atoms with van der Waals surface area (Å²) in [7, 11) is 0. The smallest absolute Gasteiger partial charge is 0.297 e. The Morgan fingerprint density at radius 3 is 2.53 bits per heavy atom. The van der Waals surface area contributed by atoms with Crippen LogP contribution in [0.4, 0.5) is 9.52 Å². The van der Waals surface area contributed by atoms with Gasteiger partial charge in [-0.25, -0.2) is 4.39 Å². The summed E-state index contributed by atoms with van der Waals surface area (Å²) in [5, 5.41) is 9.21. The Labute approximate surface area is 197 Å². The Morgan fingerprint density at radius 1 is 1.06 bits per heavy atom. The first-order chi connectivity index (χ1) is 16.4. The highest BCUT2D eigenvalue weighted by atomic mass is 32.1. The lowest BCUT2D eigenvalue weighted by atomic mass is 9.98. The number of fused-ring (bicyclic) bond motifs is 2. The van der Waals surface area contributed by atoms with Crippen LogP contribution in [0.3, 0.4) is 0 Å². The third kappa shape index (κ3) is 3.50. The molecule has 0 fully saturated rings. The van der Waals surface area contributed by atoms with Crippen LogP contribution in [0.25, 0.3) is 11.0 Å². The van der Waals surface area contributed by atoms with Crippen molar-refractivity contribution in [3.8, 4) is 11.5 Å². The molecule has 34 heavy (non-hydrogen) atoms. The maximum Gasteiger partial charge on any atom is 0.297 e. The van der Waals surface area contributed by atoms with Gasteiger partial charge in [-0.2, -0.15) is 0 Å². The van der Waals surface area contributed by atoms with Crippen LogP contribution in [0, 0.1) is 12.7 Å². The fourth-order valence-electron chi connectivity index (χ4n) is 4.08. The summed E-state index contributed by atoms with van der Waals surface area (Å²) >= 11 is 1.22. The summed E-state index contributed by atoms with van der Waals surface area (Å²) in [5.74, 6) is -0.173. The number of carbonyl (C=O) groups excluding carboxylic acids is 1. The molecule has 2 aromatic heterocycles. The summed E-state index contributed by atoms with van der Waals surface area (Å²) in [4.78, 5) is 28.5. The minimum Gasteiger partial charge on any atom is -0.490 e. The molecule has 174 valence electrons. The molecule has 0 radical (unpaired) electrons. The summed E-state index contributed by atoms with van der Waals surface area (Å²) in [5.41, 5.74) is 0.358. The van der Waals surface area contributed by atoms with Crippen LogP contribution in [0.15, 0.2) is 45.6 Å². The van der Waals surface area contributed by atoms with Gasteiger partial charge in [-0.3, -0.25) is 14.5 Å². The fraction of sp³-hybridized carbons (Fsp3) is 0.250. The second kappa shape index (κ2) is 8.53. The number of amides is 1. The lowest BCUT2D eigenvalue weighted by Gasteiger charge is -2.23. The van der Waals surface area contributed by atoms with Crippen molar-refractivity contribution in [1.82, 2.24) is 10.2 Å². The first kappa shape index (κ1) is 22.0. The number of anilines is 1. The third-order valence-corrected chi connectivity index (χ3v) is 6.27. The van der Waals surface area contributed by atoms with E-state index in [4.69, 9.17) is 13.9 Å². The molecule has 8 nitrogen and oxygen atoms in total. The van der Waals surface area contributed by atoms with Crippen molar-refractivity contribution in [1.29, 1.82) is 0 Å². The maximum atomic E-state index is 14.0. The molecule has 1 atom stereocenters. The highest BCUT2D eigenvalue weighted by molar-refractivity contribution is 7.15. The third-order valence-electron chi connectivity index (χ3n) is 5.44. The van der Waals surface area contributed by atoms with E-state index in [1.54, 1.807) is 25.1 Å². The zero-order valence-corrected chi connectivity index (χ0v) is 19.4. The molecular formula is C24H20FN3O5S. The molecule has 0 saturated heterocycles. The van der Waals surface area contributed by atoms with Gasteiger partial charge in [0.25, 0.3) is 5.91 Å². The number of aryl methyl sites for hydroxylation is 1. The molecule has 1 aliphatic rings. The van der Waals surface area contributed by atoms with Crippen LogP contribution in [0.5, 0.6) is 11.5 Å². The van der Waals surface area contributed by atoms with Crippen molar-refractivity contribution in [3.63, 3.8) is 0 Å². The number of benzene rings is 2. The van der Waals surface area contributed by atoms with Crippen LogP contribution in [0.1, 0.15) is 46.6 Å². The molecule has 0 spiro atoms. The van der Waals surface area contributed by atoms with E-state index in [9.17, 15) is 14.0 Å². The van der Waals surface area contributed by atoms with Crippen LogP contribution in [-0.2, 0) is 0 Å². The van der Waals surface area contributed by atoms with Gasteiger partial charge in [0.15, 0.2) is 16.9 Å². The molecule has 5 rings (SSSR count). The molecular weight excluding hydrogens is 461 g/mol. The first-order valence-corrected chi connectivity index (χ1v) is 11.5. The fourth-order valence-corrected chi connectivity index (χ4v) is 4.79. The van der Waals surface area contributed by atoms with Crippen molar-refractivity contribution in [2.75, 3.05) is 18.1 Å². The van der Waals surface area contributed by atoms with Crippen molar-refractivity contribution in [2.45, 2.75) is 26.8 Å². The largest absolute Gasteiger partial charge is 0.490 e. The molecule has 0 bridgehead atoms. The Bertz CT molecular complexity index is 1480. The number of rotatable bonds is 6. The van der Waals surface area contributed by atoms with Gasteiger partial charge in [0.2, 0.25) is 10.9 Å². The molecule has 4 aromatic rings. The van der Waals surface area contributed by atoms with Gasteiger partial charge in [-0.15, -0.1) is 10.2 Å². The number of halogens is 1. The van der Waals surface area contributed by atoms with E-state index in [1.807, 2.05) is 13.8 Å². The van der Waals surface area contributed by atoms with E-state index < -0.39 is 23.2 Å². The van der Waals surface area contributed by atoms with Crippen LogP contribution >= 0.6 is 11.3 Å². The first-order valence-electron chi connectivity index (χ1n) is 10.7. The predicted molar refractivity (Wildman–Crippen MR) is 125 cm³/mol. The molecule has 0 saturated carbocycles. The molecule has 0 aliphatic carbocycles. The van der Waals surface area contributed by atoms with E-state index in [1.165, 1.54) is 28.4 Å². The predicted octanol–water partition coefficient (Wildman–Crippen LogP) is 4.64. The maximum absolute atomic E-state index is 14.0. The Kier molecular flexibility index (Phi) is 5.52. The average Bonchev–Trinajstić information content (AvgIpc) is 3.37. The number of aromatic nitrogens is 2. The summed E-state index contributed by atoms with van der Waals surface area (Å²) < 4.78 is 31.2. The molecule has 10 heteroatoms. The molecule has 1 amide bonds. The van der Waals surface area contributed by atoms with Gasteiger partial charge in [0.1, 0.15) is 16.4 Å².